The van der Waals surface area contributed by atoms with Crippen molar-refractivity contribution in [2.75, 3.05) is 45.8 Å². The predicted molar refractivity (Wildman–Crippen MR) is 171 cm³/mol. The first kappa shape index (κ1) is 32.4. The highest BCUT2D eigenvalue weighted by atomic mass is 32.2. The summed E-state index contributed by atoms with van der Waals surface area (Å²) in [6.07, 6.45) is 3.38. The van der Waals surface area contributed by atoms with Crippen LogP contribution >= 0.6 is 0 Å². The van der Waals surface area contributed by atoms with Gasteiger partial charge in [-0.25, -0.2) is 17.9 Å². The third-order valence-corrected chi connectivity index (χ3v) is 9.09. The average molecular weight is 647 g/mol. The minimum Gasteiger partial charge on any atom is -0.493 e. The molecule has 46 heavy (non-hydrogen) atoms. The van der Waals surface area contributed by atoms with E-state index in [0.29, 0.717) is 36.0 Å². The monoisotopic (exact) mass is 646 g/mol. The number of benzene rings is 3. The molecule has 12 nitrogen and oxygen atoms in total. The largest absolute Gasteiger partial charge is 0.493 e. The lowest BCUT2D eigenvalue weighted by Gasteiger charge is -2.26. The van der Waals surface area contributed by atoms with E-state index in [1.54, 1.807) is 49.4 Å². The molecule has 1 N–H and O–H groups in total. The summed E-state index contributed by atoms with van der Waals surface area (Å²) in [4.78, 5) is 25.7. The molecule has 1 atom stereocenters. The van der Waals surface area contributed by atoms with Gasteiger partial charge in [-0.1, -0.05) is 24.3 Å². The second-order valence-electron chi connectivity index (χ2n) is 10.2. The zero-order chi connectivity index (χ0) is 32.7. The lowest BCUT2D eigenvalue weighted by atomic mass is 10.1. The van der Waals surface area contributed by atoms with Crippen molar-refractivity contribution < 1.29 is 37.0 Å². The molecule has 13 heteroatoms. The molecule has 3 aromatic carbocycles. The minimum absolute atomic E-state index is 0.0427. The van der Waals surface area contributed by atoms with Crippen LogP contribution in [0.5, 0.6) is 11.5 Å². The van der Waals surface area contributed by atoms with Gasteiger partial charge in [0.05, 0.1) is 38.0 Å². The first-order valence-electron chi connectivity index (χ1n) is 14.4. The molecule has 1 aromatic heterocycles. The topological polar surface area (TPSA) is 138 Å². The van der Waals surface area contributed by atoms with Gasteiger partial charge in [-0.3, -0.25) is 4.79 Å². The standard InChI is InChI=1S/C33H34N4O8S/c1-23(33(39)34-26-8-7-11-28(21-26)46(40,41)36-16-18-44-19-17-36)45-31(38)15-13-25-22-37(27-9-5-4-6-10-27)35-32(25)24-12-14-29(42-2)30(20-24)43-3/h4-15,20-23H,16-19H2,1-3H3,(H,34,39)/b15-13+. The number of morpholine rings is 1. The summed E-state index contributed by atoms with van der Waals surface area (Å²) in [5.41, 5.74) is 2.99. The average Bonchev–Trinajstić information content (AvgIpc) is 3.52. The number of nitrogens with zero attached hydrogens (tertiary/aromatic N) is 3. The van der Waals surface area contributed by atoms with E-state index in [1.807, 2.05) is 36.4 Å². The maximum atomic E-state index is 13.0. The molecule has 0 bridgehead atoms. The summed E-state index contributed by atoms with van der Waals surface area (Å²) in [7, 11) is -0.657. The van der Waals surface area contributed by atoms with Crippen molar-refractivity contribution in [1.82, 2.24) is 14.1 Å². The van der Waals surface area contributed by atoms with Gasteiger partial charge in [-0.05, 0) is 61.5 Å². The summed E-state index contributed by atoms with van der Waals surface area (Å²) >= 11 is 0. The van der Waals surface area contributed by atoms with Crippen LogP contribution in [0, 0.1) is 0 Å². The fourth-order valence-corrected chi connectivity index (χ4v) is 6.22. The van der Waals surface area contributed by atoms with Crippen molar-refractivity contribution in [1.29, 1.82) is 0 Å². The molecule has 4 aromatic rings. The number of carbonyl (C=O) groups is 2. The number of methoxy groups -OCH3 is 2. The molecule has 5 rings (SSSR count). The highest BCUT2D eigenvalue weighted by Gasteiger charge is 2.27. The number of amides is 1. The van der Waals surface area contributed by atoms with E-state index in [4.69, 9.17) is 24.0 Å². The smallest absolute Gasteiger partial charge is 0.331 e. The minimum atomic E-state index is -3.75. The molecular weight excluding hydrogens is 612 g/mol. The molecular formula is C33H34N4O8S. The van der Waals surface area contributed by atoms with Gasteiger partial charge >= 0.3 is 5.97 Å². The predicted octanol–water partition coefficient (Wildman–Crippen LogP) is 4.16. The molecule has 1 aliphatic rings. The maximum Gasteiger partial charge on any atom is 0.331 e. The number of hydrogen-bond donors (Lipinski definition) is 1. The van der Waals surface area contributed by atoms with Crippen LogP contribution < -0.4 is 14.8 Å². The van der Waals surface area contributed by atoms with E-state index in [2.05, 4.69) is 5.32 Å². The number of sulfonamides is 1. The van der Waals surface area contributed by atoms with E-state index in [0.717, 1.165) is 11.3 Å². The highest BCUT2D eigenvalue weighted by Crippen LogP contribution is 2.34. The highest BCUT2D eigenvalue weighted by molar-refractivity contribution is 7.89. The van der Waals surface area contributed by atoms with Crippen LogP contribution in [-0.2, 0) is 29.1 Å². The number of hydrogen-bond acceptors (Lipinski definition) is 9. The van der Waals surface area contributed by atoms with Crippen LogP contribution in [0.1, 0.15) is 12.5 Å². The summed E-state index contributed by atoms with van der Waals surface area (Å²) in [6.45, 7) is 2.57. The van der Waals surface area contributed by atoms with Gasteiger partial charge in [0.2, 0.25) is 10.0 Å². The summed E-state index contributed by atoms with van der Waals surface area (Å²) < 4.78 is 50.5. The Morgan fingerprint density at radius 2 is 1.70 bits per heavy atom. The van der Waals surface area contributed by atoms with E-state index in [1.165, 1.54) is 35.5 Å². The number of anilines is 1. The Kier molecular flexibility index (Phi) is 10.2. The van der Waals surface area contributed by atoms with Crippen LogP contribution in [0.15, 0.2) is 90.0 Å². The van der Waals surface area contributed by atoms with E-state index >= 15 is 0 Å². The molecule has 2 heterocycles. The number of esters is 1. The second kappa shape index (κ2) is 14.4. The Balaban J connectivity index is 1.30. The Hall–Kier alpha value is -4.98. The van der Waals surface area contributed by atoms with Crippen LogP contribution in [-0.4, -0.2) is 81.0 Å². The number of para-hydroxylation sites is 1. The van der Waals surface area contributed by atoms with Crippen molar-refractivity contribution in [2.24, 2.45) is 0 Å². The van der Waals surface area contributed by atoms with E-state index < -0.39 is 28.0 Å². The molecule has 0 saturated carbocycles. The van der Waals surface area contributed by atoms with E-state index in [9.17, 15) is 18.0 Å². The van der Waals surface area contributed by atoms with Gasteiger partial charge in [-0.15, -0.1) is 0 Å². The van der Waals surface area contributed by atoms with Crippen LogP contribution in [0.25, 0.3) is 23.0 Å². The Morgan fingerprint density at radius 3 is 2.41 bits per heavy atom. The van der Waals surface area contributed by atoms with Crippen molar-refractivity contribution >= 4 is 33.7 Å². The molecule has 0 spiro atoms. The zero-order valence-electron chi connectivity index (χ0n) is 25.6. The first-order valence-corrected chi connectivity index (χ1v) is 15.9. The van der Waals surface area contributed by atoms with Crippen molar-refractivity contribution in [2.45, 2.75) is 17.9 Å². The van der Waals surface area contributed by atoms with E-state index in [-0.39, 0.29) is 23.7 Å². The number of rotatable bonds is 11. The molecule has 1 saturated heterocycles. The Morgan fingerprint density at radius 1 is 0.957 bits per heavy atom. The van der Waals surface area contributed by atoms with Crippen LogP contribution in [0.4, 0.5) is 5.69 Å². The van der Waals surface area contributed by atoms with Gasteiger partial charge in [0.15, 0.2) is 17.6 Å². The van der Waals surface area contributed by atoms with Gasteiger partial charge in [0.25, 0.3) is 5.91 Å². The Bertz CT molecular complexity index is 1830. The first-order chi connectivity index (χ1) is 22.2. The maximum absolute atomic E-state index is 13.0. The molecule has 1 aliphatic heterocycles. The van der Waals surface area contributed by atoms with Crippen LogP contribution in [0.3, 0.4) is 0 Å². The molecule has 1 fully saturated rings. The zero-order valence-corrected chi connectivity index (χ0v) is 26.4. The number of aromatic nitrogens is 2. The fourth-order valence-electron chi connectivity index (χ4n) is 4.77. The van der Waals surface area contributed by atoms with Gasteiger partial charge in [0.1, 0.15) is 5.69 Å². The molecule has 0 aliphatic carbocycles. The number of carbonyl (C=O) groups excluding carboxylic acids is 2. The summed E-state index contributed by atoms with van der Waals surface area (Å²) in [6, 6.07) is 20.8. The van der Waals surface area contributed by atoms with Crippen molar-refractivity contribution in [3.63, 3.8) is 0 Å². The lowest BCUT2D eigenvalue weighted by Crippen LogP contribution is -2.40. The molecule has 240 valence electrons. The molecule has 1 amide bonds. The fraction of sp³-hybridized carbons (Fsp3) is 0.242. The molecule has 0 radical (unpaired) electrons. The third kappa shape index (κ3) is 7.45. The second-order valence-corrected chi connectivity index (χ2v) is 12.2. The van der Waals surface area contributed by atoms with Crippen LogP contribution in [0.2, 0.25) is 0 Å². The quantitative estimate of drug-likeness (QED) is 0.188. The normalized spacial score (nSPS) is 14.5. The number of nitrogens with one attached hydrogen (secondary N) is 1. The Labute approximate surface area is 267 Å². The van der Waals surface area contributed by atoms with Gasteiger partial charge in [-0.2, -0.15) is 9.40 Å². The van der Waals surface area contributed by atoms with Gasteiger partial charge < -0.3 is 24.3 Å². The SMILES string of the molecule is COc1ccc(-c2nn(-c3ccccc3)cc2/C=C/C(=O)OC(C)C(=O)Nc2cccc(S(=O)(=O)N3CCOCC3)c2)cc1OC. The van der Waals surface area contributed by atoms with Crippen molar-refractivity contribution in [3.8, 4) is 28.4 Å². The lowest BCUT2D eigenvalue weighted by molar-refractivity contribution is -0.148. The van der Waals surface area contributed by atoms with Gasteiger partial charge in [0, 0.05) is 42.2 Å². The third-order valence-electron chi connectivity index (χ3n) is 7.19. The number of ether oxygens (including phenoxy) is 4. The summed E-state index contributed by atoms with van der Waals surface area (Å²) in [5, 5.41) is 7.38. The summed E-state index contributed by atoms with van der Waals surface area (Å²) in [5.74, 6) is -0.289. The molecule has 1 unspecified atom stereocenters. The van der Waals surface area contributed by atoms with Crippen molar-refractivity contribution in [3.05, 3.63) is 90.6 Å².